The number of benzene rings is 1. The number of ether oxygens (including phenoxy) is 1. The molecule has 1 amide bonds. The Bertz CT molecular complexity index is 1140. The first-order valence-corrected chi connectivity index (χ1v) is 12.9. The zero-order valence-corrected chi connectivity index (χ0v) is 20.7. The number of methoxy groups -OCH3 is 1. The van der Waals surface area contributed by atoms with E-state index in [-0.39, 0.29) is 17.6 Å². The number of aromatic nitrogens is 3. The molecule has 1 aliphatic carbocycles. The van der Waals surface area contributed by atoms with E-state index in [1.54, 1.807) is 0 Å². The van der Waals surface area contributed by atoms with E-state index >= 15 is 0 Å². The molecular formula is C24H28N4O3S2. The number of anilines is 1. The van der Waals surface area contributed by atoms with Crippen molar-refractivity contribution in [1.82, 2.24) is 14.8 Å². The minimum absolute atomic E-state index is 0.174. The molecule has 4 rings (SSSR count). The summed E-state index contributed by atoms with van der Waals surface area (Å²) in [5.74, 6) is 1.07. The van der Waals surface area contributed by atoms with Crippen molar-refractivity contribution in [2.75, 3.05) is 18.2 Å². The van der Waals surface area contributed by atoms with E-state index in [0.717, 1.165) is 37.2 Å². The standard InChI is InChI=1S/C24H28N4O3S2/c1-4-28-19(13-16-8-6-5-7-9-16)26-27-24(28)32-14-20(29)25-22-21(23(30)31-3)17-11-10-15(2)12-18(17)33-22/h5-9,15H,4,10-14H2,1-3H3,(H,25,29). The van der Waals surface area contributed by atoms with Gasteiger partial charge in [-0.15, -0.1) is 21.5 Å². The van der Waals surface area contributed by atoms with Crippen LogP contribution in [-0.4, -0.2) is 39.5 Å². The van der Waals surface area contributed by atoms with Crippen LogP contribution >= 0.6 is 23.1 Å². The normalized spacial score (nSPS) is 15.2. The van der Waals surface area contributed by atoms with Gasteiger partial charge >= 0.3 is 5.97 Å². The summed E-state index contributed by atoms with van der Waals surface area (Å²) >= 11 is 2.85. The second-order valence-corrected chi connectivity index (χ2v) is 10.2. The zero-order chi connectivity index (χ0) is 23.4. The SMILES string of the molecule is CCn1c(Cc2ccccc2)nnc1SCC(=O)Nc1sc2c(c1C(=O)OC)CCC(C)C2. The van der Waals surface area contributed by atoms with Gasteiger partial charge in [-0.3, -0.25) is 4.79 Å². The number of carbonyl (C=O) groups excluding carboxylic acids is 2. The highest BCUT2D eigenvalue weighted by molar-refractivity contribution is 7.99. The van der Waals surface area contributed by atoms with Crippen molar-refractivity contribution in [3.63, 3.8) is 0 Å². The third kappa shape index (κ3) is 5.30. The first-order chi connectivity index (χ1) is 16.0. The third-order valence-corrected chi connectivity index (χ3v) is 7.94. The Labute approximate surface area is 201 Å². The van der Waals surface area contributed by atoms with E-state index < -0.39 is 0 Å². The predicted molar refractivity (Wildman–Crippen MR) is 131 cm³/mol. The molecule has 1 atom stereocenters. The highest BCUT2D eigenvalue weighted by Gasteiger charge is 2.29. The second kappa shape index (κ2) is 10.5. The van der Waals surface area contributed by atoms with Gasteiger partial charge in [-0.05, 0) is 43.2 Å². The Morgan fingerprint density at radius 2 is 2.06 bits per heavy atom. The molecule has 0 saturated carbocycles. The van der Waals surface area contributed by atoms with E-state index in [2.05, 4.69) is 34.6 Å². The minimum atomic E-state index is -0.388. The van der Waals surface area contributed by atoms with Gasteiger partial charge in [0.25, 0.3) is 0 Å². The van der Waals surface area contributed by atoms with Gasteiger partial charge in [0.1, 0.15) is 10.8 Å². The molecule has 0 spiro atoms. The molecule has 0 radical (unpaired) electrons. The van der Waals surface area contributed by atoms with E-state index in [1.807, 2.05) is 29.7 Å². The fraction of sp³-hybridized carbons (Fsp3) is 0.417. The molecule has 1 unspecified atom stereocenters. The summed E-state index contributed by atoms with van der Waals surface area (Å²) < 4.78 is 7.05. The maximum atomic E-state index is 12.8. The molecule has 174 valence electrons. The molecule has 0 fully saturated rings. The van der Waals surface area contributed by atoms with Crippen LogP contribution in [0.2, 0.25) is 0 Å². The summed E-state index contributed by atoms with van der Waals surface area (Å²) in [7, 11) is 1.38. The third-order valence-electron chi connectivity index (χ3n) is 5.80. The maximum absolute atomic E-state index is 12.8. The van der Waals surface area contributed by atoms with Gasteiger partial charge < -0.3 is 14.6 Å². The number of fused-ring (bicyclic) bond motifs is 1. The van der Waals surface area contributed by atoms with Crippen LogP contribution in [0.1, 0.15) is 52.5 Å². The highest BCUT2D eigenvalue weighted by atomic mass is 32.2. The Balaban J connectivity index is 1.45. The lowest BCUT2D eigenvalue weighted by molar-refractivity contribution is -0.113. The van der Waals surface area contributed by atoms with Crippen LogP contribution in [-0.2, 0) is 35.3 Å². The topological polar surface area (TPSA) is 86.1 Å². The largest absolute Gasteiger partial charge is 0.465 e. The molecule has 9 heteroatoms. The van der Waals surface area contributed by atoms with Crippen molar-refractivity contribution < 1.29 is 14.3 Å². The number of hydrogen-bond acceptors (Lipinski definition) is 7. The summed E-state index contributed by atoms with van der Waals surface area (Å²) in [6.45, 7) is 4.98. The molecule has 0 bridgehead atoms. The number of nitrogens with zero attached hydrogens (tertiary/aromatic N) is 3. The molecule has 1 aliphatic rings. The van der Waals surface area contributed by atoms with Gasteiger partial charge in [-0.2, -0.15) is 0 Å². The molecule has 3 aromatic rings. The van der Waals surface area contributed by atoms with Crippen molar-refractivity contribution in [3.8, 4) is 0 Å². The Morgan fingerprint density at radius 1 is 1.27 bits per heavy atom. The molecular weight excluding hydrogens is 456 g/mol. The zero-order valence-electron chi connectivity index (χ0n) is 19.1. The number of carbonyl (C=O) groups is 2. The van der Waals surface area contributed by atoms with Crippen molar-refractivity contribution in [2.24, 2.45) is 5.92 Å². The number of nitrogens with one attached hydrogen (secondary N) is 1. The predicted octanol–water partition coefficient (Wildman–Crippen LogP) is 4.59. The molecule has 7 nitrogen and oxygen atoms in total. The molecule has 1 N–H and O–H groups in total. The molecule has 2 heterocycles. The fourth-order valence-corrected chi connectivity index (χ4v) is 6.34. The van der Waals surface area contributed by atoms with Gasteiger partial charge in [0.05, 0.1) is 18.4 Å². The van der Waals surface area contributed by atoms with Crippen molar-refractivity contribution in [3.05, 3.63) is 57.7 Å². The fourth-order valence-electron chi connectivity index (χ4n) is 4.10. The smallest absolute Gasteiger partial charge is 0.341 e. The van der Waals surface area contributed by atoms with Crippen LogP contribution in [0.25, 0.3) is 0 Å². The van der Waals surface area contributed by atoms with Crippen LogP contribution in [0.5, 0.6) is 0 Å². The monoisotopic (exact) mass is 484 g/mol. The van der Waals surface area contributed by atoms with Crippen LogP contribution in [0.3, 0.4) is 0 Å². The Kier molecular flexibility index (Phi) is 7.49. The summed E-state index contributed by atoms with van der Waals surface area (Å²) in [4.78, 5) is 26.4. The van der Waals surface area contributed by atoms with Gasteiger partial charge in [-0.25, -0.2) is 4.79 Å². The molecule has 1 aromatic carbocycles. The number of thiophene rings is 1. The van der Waals surface area contributed by atoms with Crippen molar-refractivity contribution in [2.45, 2.75) is 51.2 Å². The first-order valence-electron chi connectivity index (χ1n) is 11.1. The van der Waals surface area contributed by atoms with Crippen molar-refractivity contribution >= 4 is 40.0 Å². The number of esters is 1. The summed E-state index contributed by atoms with van der Waals surface area (Å²) in [5, 5.41) is 12.9. The van der Waals surface area contributed by atoms with Gasteiger partial charge in [0.2, 0.25) is 5.91 Å². The molecule has 33 heavy (non-hydrogen) atoms. The average molecular weight is 485 g/mol. The average Bonchev–Trinajstić information content (AvgIpc) is 3.37. The molecule has 0 saturated heterocycles. The Hall–Kier alpha value is -2.65. The van der Waals surface area contributed by atoms with Crippen molar-refractivity contribution in [1.29, 1.82) is 0 Å². The van der Waals surface area contributed by atoms with Crippen LogP contribution in [0.15, 0.2) is 35.5 Å². The van der Waals surface area contributed by atoms with Crippen LogP contribution in [0, 0.1) is 5.92 Å². The quantitative estimate of drug-likeness (QED) is 0.372. The van der Waals surface area contributed by atoms with Crippen LogP contribution < -0.4 is 5.32 Å². The lowest BCUT2D eigenvalue weighted by Crippen LogP contribution is -2.17. The minimum Gasteiger partial charge on any atom is -0.465 e. The van der Waals surface area contributed by atoms with Crippen LogP contribution in [0.4, 0.5) is 5.00 Å². The summed E-state index contributed by atoms with van der Waals surface area (Å²) in [5.41, 5.74) is 2.72. The molecule has 2 aromatic heterocycles. The highest BCUT2D eigenvalue weighted by Crippen LogP contribution is 2.40. The lowest BCUT2D eigenvalue weighted by atomic mass is 9.88. The lowest BCUT2D eigenvalue weighted by Gasteiger charge is -2.18. The number of thioether (sulfide) groups is 1. The first kappa shape index (κ1) is 23.5. The van der Waals surface area contributed by atoms with E-state index in [0.29, 0.717) is 28.1 Å². The van der Waals surface area contributed by atoms with E-state index in [9.17, 15) is 9.59 Å². The number of rotatable bonds is 8. The summed E-state index contributed by atoms with van der Waals surface area (Å²) in [6, 6.07) is 10.1. The maximum Gasteiger partial charge on any atom is 0.341 e. The van der Waals surface area contributed by atoms with Gasteiger partial charge in [-0.1, -0.05) is 49.0 Å². The molecule has 0 aliphatic heterocycles. The second-order valence-electron chi connectivity index (χ2n) is 8.19. The number of amides is 1. The number of hydrogen-bond donors (Lipinski definition) is 1. The van der Waals surface area contributed by atoms with Gasteiger partial charge in [0.15, 0.2) is 5.16 Å². The van der Waals surface area contributed by atoms with E-state index in [1.165, 1.54) is 40.6 Å². The van der Waals surface area contributed by atoms with E-state index in [4.69, 9.17) is 4.74 Å². The van der Waals surface area contributed by atoms with Gasteiger partial charge in [0, 0.05) is 17.8 Å². The summed E-state index contributed by atoms with van der Waals surface area (Å²) in [6.07, 6.45) is 3.50. The Morgan fingerprint density at radius 3 is 2.79 bits per heavy atom.